The van der Waals surface area contributed by atoms with Crippen LogP contribution in [0.2, 0.25) is 5.02 Å². The minimum atomic E-state index is -0.256. The van der Waals surface area contributed by atoms with Crippen LogP contribution in [-0.4, -0.2) is 80.3 Å². The van der Waals surface area contributed by atoms with Crippen molar-refractivity contribution in [2.24, 2.45) is 0 Å². The van der Waals surface area contributed by atoms with Gasteiger partial charge < -0.3 is 29.9 Å². The van der Waals surface area contributed by atoms with E-state index >= 15 is 0 Å². The van der Waals surface area contributed by atoms with Crippen molar-refractivity contribution in [3.63, 3.8) is 0 Å². The Bertz CT molecular complexity index is 1210. The number of anilines is 4. The first-order valence-electron chi connectivity index (χ1n) is 13.8. The molecule has 1 aliphatic rings. The first kappa shape index (κ1) is 31.6. The molecule has 0 bridgehead atoms. The number of hydrogen-bond acceptors (Lipinski definition) is 9. The number of likely N-dealkylation sites (N-methyl/N-ethyl adjacent to an activating group) is 2. The van der Waals surface area contributed by atoms with Crippen LogP contribution in [0, 0.1) is 6.92 Å². The summed E-state index contributed by atoms with van der Waals surface area (Å²) in [5.74, 6) is 1.64. The summed E-state index contributed by atoms with van der Waals surface area (Å²) in [7, 11) is 8.17. The lowest BCUT2D eigenvalue weighted by Gasteiger charge is -2.20. The second kappa shape index (κ2) is 15.7. The van der Waals surface area contributed by atoms with Gasteiger partial charge in [0.15, 0.2) is 5.82 Å². The number of nitrogens with one attached hydrogen (secondary N) is 3. The number of halogens is 1. The standard InChI is InChI=1S/C23H28ClN5O2.C7H16N2/c1-5-25-22(30-4)16-9-7-8-10-18(16)27-21-17(24)14-26-23(29-21)28-19-12-11-15(3)13-20(19)31-6-2;1-8(2)7-4-5-9(3)6-7/h7-14,22,25H,5-6H2,1-4H3,(H2,26,27,28,29);7H,4-6H2,1-3H3/t;7-/m.0/s1. The third kappa shape index (κ3) is 9.04. The van der Waals surface area contributed by atoms with Crippen LogP contribution in [0.25, 0.3) is 0 Å². The predicted molar refractivity (Wildman–Crippen MR) is 165 cm³/mol. The van der Waals surface area contributed by atoms with Gasteiger partial charge in [0.2, 0.25) is 5.95 Å². The van der Waals surface area contributed by atoms with Gasteiger partial charge in [0.25, 0.3) is 0 Å². The molecular formula is C30H44ClN7O2. The molecule has 2 aromatic carbocycles. The average molecular weight is 570 g/mol. The van der Waals surface area contributed by atoms with Crippen molar-refractivity contribution in [3.8, 4) is 5.75 Å². The van der Waals surface area contributed by atoms with E-state index in [0.717, 1.165) is 40.8 Å². The average Bonchev–Trinajstić information content (AvgIpc) is 3.38. The number of likely N-dealkylation sites (tertiary alicyclic amines) is 1. The minimum Gasteiger partial charge on any atom is -0.492 e. The minimum absolute atomic E-state index is 0.256. The fourth-order valence-corrected chi connectivity index (χ4v) is 4.59. The molecule has 3 aromatic rings. The van der Waals surface area contributed by atoms with E-state index in [9.17, 15) is 0 Å². The summed E-state index contributed by atoms with van der Waals surface area (Å²) in [4.78, 5) is 13.6. The van der Waals surface area contributed by atoms with Gasteiger partial charge in [-0.05, 0) is 78.3 Å². The monoisotopic (exact) mass is 569 g/mol. The Hall–Kier alpha value is -2.95. The molecule has 1 aromatic heterocycles. The summed E-state index contributed by atoms with van der Waals surface area (Å²) in [6, 6.07) is 14.6. The molecule has 1 aliphatic heterocycles. The Labute approximate surface area is 244 Å². The molecule has 0 aliphatic carbocycles. The molecular weight excluding hydrogens is 526 g/mol. The lowest BCUT2D eigenvalue weighted by atomic mass is 10.1. The van der Waals surface area contributed by atoms with E-state index in [-0.39, 0.29) is 6.23 Å². The Balaban J connectivity index is 0.000000415. The number of nitrogens with zero attached hydrogens (tertiary/aromatic N) is 4. The van der Waals surface area contributed by atoms with Crippen LogP contribution in [-0.2, 0) is 4.74 Å². The number of rotatable bonds is 11. The fraction of sp³-hybridized carbons (Fsp3) is 0.467. The molecule has 1 unspecified atom stereocenters. The normalized spacial score (nSPS) is 15.9. The summed E-state index contributed by atoms with van der Waals surface area (Å²) < 4.78 is 11.3. The molecule has 1 fully saturated rings. The van der Waals surface area contributed by atoms with Crippen LogP contribution in [0.4, 0.5) is 23.1 Å². The smallest absolute Gasteiger partial charge is 0.229 e. The maximum Gasteiger partial charge on any atom is 0.229 e. The zero-order valence-corrected chi connectivity index (χ0v) is 25.5. The number of aromatic nitrogens is 2. The molecule has 10 heteroatoms. The van der Waals surface area contributed by atoms with Crippen molar-refractivity contribution >= 4 is 34.7 Å². The molecule has 2 atom stereocenters. The summed E-state index contributed by atoms with van der Waals surface area (Å²) in [6.07, 6.45) is 2.64. The highest BCUT2D eigenvalue weighted by atomic mass is 35.5. The highest BCUT2D eigenvalue weighted by Crippen LogP contribution is 2.31. The third-order valence-electron chi connectivity index (χ3n) is 6.65. The van der Waals surface area contributed by atoms with Crippen molar-refractivity contribution < 1.29 is 9.47 Å². The fourth-order valence-electron chi connectivity index (χ4n) is 4.45. The van der Waals surface area contributed by atoms with E-state index in [0.29, 0.717) is 23.4 Å². The highest BCUT2D eigenvalue weighted by Gasteiger charge is 2.20. The van der Waals surface area contributed by atoms with Crippen LogP contribution in [0.1, 0.15) is 37.6 Å². The maximum atomic E-state index is 6.39. The second-order valence-corrected chi connectivity index (χ2v) is 10.4. The zero-order valence-electron chi connectivity index (χ0n) is 24.8. The van der Waals surface area contributed by atoms with E-state index < -0.39 is 0 Å². The maximum absolute atomic E-state index is 6.39. The number of aryl methyl sites for hydroxylation is 1. The molecule has 0 saturated carbocycles. The second-order valence-electron chi connectivity index (χ2n) is 10.0. The van der Waals surface area contributed by atoms with E-state index in [1.807, 2.05) is 63.2 Å². The Morgan fingerprint density at radius 3 is 2.52 bits per heavy atom. The van der Waals surface area contributed by atoms with E-state index in [4.69, 9.17) is 21.1 Å². The largest absolute Gasteiger partial charge is 0.492 e. The quantitative estimate of drug-likeness (QED) is 0.247. The van der Waals surface area contributed by atoms with E-state index in [1.54, 1.807) is 13.3 Å². The summed E-state index contributed by atoms with van der Waals surface area (Å²) in [6.45, 7) is 9.85. The molecule has 4 rings (SSSR count). The molecule has 0 radical (unpaired) electrons. The highest BCUT2D eigenvalue weighted by molar-refractivity contribution is 6.32. The zero-order chi connectivity index (χ0) is 29.1. The Morgan fingerprint density at radius 1 is 1.12 bits per heavy atom. The van der Waals surface area contributed by atoms with Gasteiger partial charge in [0, 0.05) is 30.9 Å². The van der Waals surface area contributed by atoms with Gasteiger partial charge in [-0.2, -0.15) is 4.98 Å². The van der Waals surface area contributed by atoms with Crippen molar-refractivity contribution in [3.05, 3.63) is 64.8 Å². The summed E-state index contributed by atoms with van der Waals surface area (Å²) in [5, 5.41) is 10.2. The van der Waals surface area contributed by atoms with Crippen molar-refractivity contribution in [1.29, 1.82) is 0 Å². The van der Waals surface area contributed by atoms with Crippen LogP contribution in [0.5, 0.6) is 5.75 Å². The molecule has 2 heterocycles. The van der Waals surface area contributed by atoms with Crippen LogP contribution in [0.3, 0.4) is 0 Å². The number of ether oxygens (including phenoxy) is 2. The van der Waals surface area contributed by atoms with Crippen molar-refractivity contribution in [2.75, 3.05) is 65.1 Å². The SMILES string of the molecule is CCNC(OC)c1ccccc1Nc1nc(Nc2ccc(C)cc2OCC)ncc1Cl.CN1CC[C@H](N(C)C)C1. The van der Waals surface area contributed by atoms with E-state index in [2.05, 4.69) is 56.9 Å². The number of hydrogen-bond donors (Lipinski definition) is 3. The molecule has 9 nitrogen and oxygen atoms in total. The lowest BCUT2D eigenvalue weighted by Crippen LogP contribution is -2.30. The first-order valence-corrected chi connectivity index (χ1v) is 14.1. The van der Waals surface area contributed by atoms with E-state index in [1.165, 1.54) is 19.5 Å². The molecule has 1 saturated heterocycles. The van der Waals surface area contributed by atoms with Gasteiger partial charge in [-0.25, -0.2) is 4.98 Å². The number of benzene rings is 2. The van der Waals surface area contributed by atoms with Crippen molar-refractivity contribution in [1.82, 2.24) is 25.1 Å². The summed E-state index contributed by atoms with van der Waals surface area (Å²) in [5.41, 5.74) is 3.69. The van der Waals surface area contributed by atoms with Gasteiger partial charge in [-0.15, -0.1) is 0 Å². The Morgan fingerprint density at radius 2 is 1.90 bits per heavy atom. The first-order chi connectivity index (χ1) is 19.2. The molecule has 3 N–H and O–H groups in total. The van der Waals surface area contributed by atoms with Gasteiger partial charge in [0.1, 0.15) is 17.0 Å². The van der Waals surface area contributed by atoms with Crippen molar-refractivity contribution in [2.45, 2.75) is 39.5 Å². The topological polar surface area (TPSA) is 86.8 Å². The number of methoxy groups -OCH3 is 1. The Kier molecular flexibility index (Phi) is 12.4. The number of para-hydroxylation sites is 1. The van der Waals surface area contributed by atoms with Gasteiger partial charge >= 0.3 is 0 Å². The van der Waals surface area contributed by atoms with Crippen LogP contribution in [0.15, 0.2) is 48.7 Å². The molecule has 0 amide bonds. The van der Waals surface area contributed by atoms with Gasteiger partial charge in [-0.1, -0.05) is 42.8 Å². The van der Waals surface area contributed by atoms with Crippen LogP contribution < -0.4 is 20.7 Å². The van der Waals surface area contributed by atoms with Gasteiger partial charge in [0.05, 0.1) is 18.5 Å². The predicted octanol–water partition coefficient (Wildman–Crippen LogP) is 5.83. The molecule has 40 heavy (non-hydrogen) atoms. The molecule has 0 spiro atoms. The lowest BCUT2D eigenvalue weighted by molar-refractivity contribution is 0.0760. The third-order valence-corrected chi connectivity index (χ3v) is 6.92. The van der Waals surface area contributed by atoms with Gasteiger partial charge in [-0.3, -0.25) is 5.32 Å². The molecule has 218 valence electrons. The van der Waals surface area contributed by atoms with Crippen LogP contribution >= 0.6 is 11.6 Å². The summed E-state index contributed by atoms with van der Waals surface area (Å²) >= 11 is 6.39.